The first-order valence-electron chi connectivity index (χ1n) is 4.99. The van der Waals surface area contributed by atoms with Crippen LogP contribution in [0.1, 0.15) is 11.4 Å². The fraction of sp³-hybridized carbons (Fsp3) is 0.273. The molecule has 2 heterocycles. The molecule has 0 aliphatic carbocycles. The van der Waals surface area contributed by atoms with Crippen molar-refractivity contribution in [3.63, 3.8) is 0 Å². The lowest BCUT2D eigenvalue weighted by molar-refractivity contribution is -0.138. The lowest BCUT2D eigenvalue weighted by Gasteiger charge is -2.08. The number of hydrogen-bond acceptors (Lipinski definition) is 3. The molecule has 1 atom stereocenters. The molecule has 0 radical (unpaired) electrons. The summed E-state index contributed by atoms with van der Waals surface area (Å²) in [5.41, 5.74) is 7.33. The zero-order valence-electron chi connectivity index (χ0n) is 8.92. The molecule has 0 aliphatic rings. The minimum Gasteiger partial charge on any atom is -0.480 e. The van der Waals surface area contributed by atoms with Gasteiger partial charge in [0.15, 0.2) is 0 Å². The molecule has 3 N–H and O–H groups in total. The highest BCUT2D eigenvalue weighted by atomic mass is 16.4. The van der Waals surface area contributed by atoms with Crippen molar-refractivity contribution in [2.24, 2.45) is 5.73 Å². The molecule has 16 heavy (non-hydrogen) atoms. The van der Waals surface area contributed by atoms with E-state index in [-0.39, 0.29) is 0 Å². The first-order valence-corrected chi connectivity index (χ1v) is 4.99. The fourth-order valence-electron chi connectivity index (χ4n) is 1.71. The minimum atomic E-state index is -0.988. The Hall–Kier alpha value is -1.88. The Kier molecular flexibility index (Phi) is 2.62. The second kappa shape index (κ2) is 3.94. The molecule has 0 saturated carbocycles. The van der Waals surface area contributed by atoms with Gasteiger partial charge in [-0.1, -0.05) is 6.07 Å². The van der Waals surface area contributed by atoms with Crippen molar-refractivity contribution in [1.29, 1.82) is 0 Å². The molecule has 5 heteroatoms. The van der Waals surface area contributed by atoms with Crippen molar-refractivity contribution < 1.29 is 9.90 Å². The maximum absolute atomic E-state index is 10.7. The SMILES string of the molecule is Cc1ncc2c(CC(N)C(=O)O)cccn12. The van der Waals surface area contributed by atoms with E-state index in [4.69, 9.17) is 10.8 Å². The van der Waals surface area contributed by atoms with Crippen LogP contribution in [-0.4, -0.2) is 26.5 Å². The first kappa shape index (κ1) is 10.6. The average Bonchev–Trinajstić information content (AvgIpc) is 2.62. The summed E-state index contributed by atoms with van der Waals surface area (Å²) in [6, 6.07) is 2.87. The van der Waals surface area contributed by atoms with Crippen molar-refractivity contribution in [2.45, 2.75) is 19.4 Å². The van der Waals surface area contributed by atoms with Crippen LogP contribution in [0.25, 0.3) is 5.52 Å². The van der Waals surface area contributed by atoms with Crippen LogP contribution in [0.4, 0.5) is 0 Å². The number of pyridine rings is 1. The van der Waals surface area contributed by atoms with Crippen molar-refractivity contribution in [2.75, 3.05) is 0 Å². The van der Waals surface area contributed by atoms with Gasteiger partial charge in [-0.25, -0.2) is 4.98 Å². The molecule has 0 aromatic carbocycles. The predicted octanol–water partition coefficient (Wildman–Crippen LogP) is 0.597. The number of imidazole rings is 1. The van der Waals surface area contributed by atoms with E-state index >= 15 is 0 Å². The normalized spacial score (nSPS) is 12.9. The van der Waals surface area contributed by atoms with E-state index in [9.17, 15) is 4.79 Å². The molecule has 0 bridgehead atoms. The Morgan fingerprint density at radius 3 is 3.12 bits per heavy atom. The second-order valence-corrected chi connectivity index (χ2v) is 3.74. The maximum atomic E-state index is 10.7. The van der Waals surface area contributed by atoms with Crippen molar-refractivity contribution >= 4 is 11.5 Å². The number of nitrogens with two attached hydrogens (primary N) is 1. The van der Waals surface area contributed by atoms with Gasteiger partial charge in [-0.15, -0.1) is 0 Å². The smallest absolute Gasteiger partial charge is 0.320 e. The van der Waals surface area contributed by atoms with Gasteiger partial charge in [0.1, 0.15) is 11.9 Å². The molecular formula is C11H13N3O2. The molecule has 0 amide bonds. The maximum Gasteiger partial charge on any atom is 0.320 e. The van der Waals surface area contributed by atoms with Gasteiger partial charge in [-0.3, -0.25) is 4.79 Å². The van der Waals surface area contributed by atoms with Gasteiger partial charge in [0.05, 0.1) is 11.7 Å². The van der Waals surface area contributed by atoms with Gasteiger partial charge in [0.25, 0.3) is 0 Å². The van der Waals surface area contributed by atoms with Crippen LogP contribution in [0.15, 0.2) is 24.5 Å². The highest BCUT2D eigenvalue weighted by molar-refractivity contribution is 5.74. The summed E-state index contributed by atoms with van der Waals surface area (Å²) in [4.78, 5) is 14.9. The number of fused-ring (bicyclic) bond motifs is 1. The van der Waals surface area contributed by atoms with E-state index in [1.807, 2.05) is 29.7 Å². The van der Waals surface area contributed by atoms with Crippen LogP contribution < -0.4 is 5.73 Å². The zero-order chi connectivity index (χ0) is 11.7. The van der Waals surface area contributed by atoms with Gasteiger partial charge in [-0.2, -0.15) is 0 Å². The van der Waals surface area contributed by atoms with Gasteiger partial charge >= 0.3 is 5.97 Å². The second-order valence-electron chi connectivity index (χ2n) is 3.74. The summed E-state index contributed by atoms with van der Waals surface area (Å²) in [6.07, 6.45) is 3.94. The van der Waals surface area contributed by atoms with Crippen LogP contribution in [0.3, 0.4) is 0 Å². The molecule has 0 aliphatic heterocycles. The fourth-order valence-corrected chi connectivity index (χ4v) is 1.71. The first-order chi connectivity index (χ1) is 7.59. The van der Waals surface area contributed by atoms with Crippen LogP contribution in [0.5, 0.6) is 0 Å². The van der Waals surface area contributed by atoms with Gasteiger partial charge in [0, 0.05) is 12.6 Å². The van der Waals surface area contributed by atoms with Crippen LogP contribution in [0, 0.1) is 6.92 Å². The number of aromatic nitrogens is 2. The number of carboxylic acids is 1. The number of aliphatic carboxylic acids is 1. The van der Waals surface area contributed by atoms with E-state index in [0.29, 0.717) is 6.42 Å². The molecule has 0 fully saturated rings. The molecule has 1 unspecified atom stereocenters. The van der Waals surface area contributed by atoms with Crippen LogP contribution >= 0.6 is 0 Å². The van der Waals surface area contributed by atoms with E-state index in [2.05, 4.69) is 4.98 Å². The minimum absolute atomic E-state index is 0.310. The molecule has 84 valence electrons. The van der Waals surface area contributed by atoms with Crippen LogP contribution in [-0.2, 0) is 11.2 Å². The number of hydrogen-bond donors (Lipinski definition) is 2. The Morgan fingerprint density at radius 2 is 2.44 bits per heavy atom. The third kappa shape index (κ3) is 1.77. The van der Waals surface area contributed by atoms with Crippen molar-refractivity contribution in [1.82, 2.24) is 9.38 Å². The highest BCUT2D eigenvalue weighted by Crippen LogP contribution is 2.13. The lowest BCUT2D eigenvalue weighted by atomic mass is 10.1. The number of aryl methyl sites for hydroxylation is 1. The monoisotopic (exact) mass is 219 g/mol. The van der Waals surface area contributed by atoms with Gasteiger partial charge in [0.2, 0.25) is 0 Å². The summed E-state index contributed by atoms with van der Waals surface area (Å²) in [5, 5.41) is 8.77. The van der Waals surface area contributed by atoms with E-state index in [1.165, 1.54) is 0 Å². The molecule has 0 spiro atoms. The Morgan fingerprint density at radius 1 is 1.69 bits per heavy atom. The topological polar surface area (TPSA) is 80.6 Å². The van der Waals surface area contributed by atoms with E-state index in [1.54, 1.807) is 6.20 Å². The molecule has 5 nitrogen and oxygen atoms in total. The number of nitrogens with zero attached hydrogens (tertiary/aromatic N) is 2. The molecule has 2 rings (SSSR count). The number of carbonyl (C=O) groups is 1. The Bertz CT molecular complexity index is 533. The average molecular weight is 219 g/mol. The van der Waals surface area contributed by atoms with Gasteiger partial charge < -0.3 is 15.2 Å². The van der Waals surface area contributed by atoms with E-state index < -0.39 is 12.0 Å². The molecule has 2 aromatic heterocycles. The molecule has 2 aromatic rings. The standard InChI is InChI=1S/C11H13N3O2/c1-7-13-6-10-8(3-2-4-14(7)10)5-9(12)11(15)16/h2-4,6,9H,5,12H2,1H3,(H,15,16). The third-order valence-corrected chi connectivity index (χ3v) is 2.60. The van der Waals surface area contributed by atoms with Gasteiger partial charge in [-0.05, 0) is 18.6 Å². The van der Waals surface area contributed by atoms with Crippen LogP contribution in [0.2, 0.25) is 0 Å². The largest absolute Gasteiger partial charge is 0.480 e. The Labute approximate surface area is 92.5 Å². The number of carboxylic acid groups (broad SMARTS) is 1. The summed E-state index contributed by atoms with van der Waals surface area (Å²) in [6.45, 7) is 1.90. The summed E-state index contributed by atoms with van der Waals surface area (Å²) in [7, 11) is 0. The third-order valence-electron chi connectivity index (χ3n) is 2.60. The number of rotatable bonds is 3. The van der Waals surface area contributed by atoms with Crippen molar-refractivity contribution in [3.05, 3.63) is 35.9 Å². The zero-order valence-corrected chi connectivity index (χ0v) is 8.92. The quantitative estimate of drug-likeness (QED) is 0.792. The lowest BCUT2D eigenvalue weighted by Crippen LogP contribution is -2.32. The molecule has 0 saturated heterocycles. The van der Waals surface area contributed by atoms with E-state index in [0.717, 1.165) is 16.9 Å². The highest BCUT2D eigenvalue weighted by Gasteiger charge is 2.14. The summed E-state index contributed by atoms with van der Waals surface area (Å²) < 4.78 is 1.92. The summed E-state index contributed by atoms with van der Waals surface area (Å²) >= 11 is 0. The predicted molar refractivity (Wildman–Crippen MR) is 59.2 cm³/mol. The summed E-state index contributed by atoms with van der Waals surface area (Å²) in [5.74, 6) is -0.112. The van der Waals surface area contributed by atoms with Crippen molar-refractivity contribution in [3.8, 4) is 0 Å². The molecular weight excluding hydrogens is 206 g/mol. The Balaban J connectivity index is 2.41.